The molecule has 0 bridgehead atoms. The number of nitrogens with zero attached hydrogens (tertiary/aromatic N) is 3. The minimum Gasteiger partial charge on any atom is -0.308 e. The maximum absolute atomic E-state index is 5.90. The van der Waals surface area contributed by atoms with Gasteiger partial charge in [-0.25, -0.2) is 9.97 Å². The van der Waals surface area contributed by atoms with Crippen molar-refractivity contribution in [3.8, 4) is 0 Å². The number of hydrogen-bond donors (Lipinski definition) is 0. The lowest BCUT2D eigenvalue weighted by Gasteiger charge is -2.08. The Morgan fingerprint density at radius 2 is 1.86 bits per heavy atom. The molecule has 0 aliphatic carbocycles. The summed E-state index contributed by atoms with van der Waals surface area (Å²) in [5.41, 5.74) is 2.99. The van der Waals surface area contributed by atoms with Crippen LogP contribution in [0.5, 0.6) is 0 Å². The maximum Gasteiger partial charge on any atom is 0.160 e. The van der Waals surface area contributed by atoms with Crippen LogP contribution >= 0.6 is 43.5 Å². The van der Waals surface area contributed by atoms with Crippen LogP contribution in [0.2, 0.25) is 0 Å². The molecule has 0 saturated carbocycles. The van der Waals surface area contributed by atoms with E-state index in [-0.39, 0.29) is 0 Å². The summed E-state index contributed by atoms with van der Waals surface area (Å²) in [6.07, 6.45) is 2.53. The maximum atomic E-state index is 5.90. The Kier molecular flexibility index (Phi) is 4.62. The number of hydrogen-bond acceptors (Lipinski definition) is 2. The van der Waals surface area contributed by atoms with Crippen molar-refractivity contribution in [3.05, 3.63) is 56.9 Å². The zero-order chi connectivity index (χ0) is 14.8. The second kappa shape index (κ2) is 6.46. The van der Waals surface area contributed by atoms with E-state index in [1.165, 1.54) is 5.56 Å². The number of benzene rings is 1. The van der Waals surface area contributed by atoms with E-state index in [4.69, 9.17) is 11.6 Å². The largest absolute Gasteiger partial charge is 0.308 e. The Bertz CT molecular complexity index is 768. The van der Waals surface area contributed by atoms with E-state index in [0.717, 1.165) is 38.9 Å². The molecular weight excluding hydrogens is 417 g/mol. The molecule has 0 atom stereocenters. The van der Waals surface area contributed by atoms with Crippen LogP contribution in [0.15, 0.2) is 45.5 Å². The summed E-state index contributed by atoms with van der Waals surface area (Å²) in [5, 5.41) is 0. The first-order chi connectivity index (χ1) is 10.2. The molecular formula is C15H12Br2ClN3. The third-order valence-corrected chi connectivity index (χ3v) is 4.35. The Balaban J connectivity index is 2.06. The molecule has 2 heterocycles. The van der Waals surface area contributed by atoms with Crippen molar-refractivity contribution in [2.24, 2.45) is 0 Å². The number of halogens is 3. The van der Waals surface area contributed by atoms with Crippen LogP contribution in [-0.4, -0.2) is 20.4 Å². The van der Waals surface area contributed by atoms with Crippen molar-refractivity contribution in [2.75, 3.05) is 5.88 Å². The van der Waals surface area contributed by atoms with Crippen LogP contribution in [0.25, 0.3) is 11.2 Å². The molecule has 3 nitrogen and oxygen atoms in total. The number of fused-ring (bicyclic) bond motifs is 1. The molecule has 0 spiro atoms. The predicted octanol–water partition coefficient (Wildman–Crippen LogP) is 4.79. The number of imidazole rings is 1. The summed E-state index contributed by atoms with van der Waals surface area (Å²) in [4.78, 5) is 9.15. The fraction of sp³-hybridized carbons (Fsp3) is 0.200. The van der Waals surface area contributed by atoms with Crippen molar-refractivity contribution in [2.45, 2.75) is 13.0 Å². The second-order valence-electron chi connectivity index (χ2n) is 4.68. The lowest BCUT2D eigenvalue weighted by molar-refractivity contribution is 0.747. The van der Waals surface area contributed by atoms with Crippen molar-refractivity contribution in [3.63, 3.8) is 0 Å². The van der Waals surface area contributed by atoms with Gasteiger partial charge in [-0.1, -0.05) is 28.1 Å². The van der Waals surface area contributed by atoms with Gasteiger partial charge in [0.2, 0.25) is 0 Å². The number of rotatable bonds is 4. The van der Waals surface area contributed by atoms with Crippen LogP contribution in [-0.2, 0) is 13.0 Å². The van der Waals surface area contributed by atoms with E-state index in [1.807, 2.05) is 18.2 Å². The van der Waals surface area contributed by atoms with Gasteiger partial charge in [0.25, 0.3) is 0 Å². The minimum absolute atomic E-state index is 0.546. The van der Waals surface area contributed by atoms with E-state index in [0.29, 0.717) is 5.88 Å². The Morgan fingerprint density at radius 3 is 2.57 bits per heavy atom. The third kappa shape index (κ3) is 3.30. The number of aryl methyl sites for hydroxylation is 1. The first kappa shape index (κ1) is 15.0. The SMILES string of the molecule is ClCCc1nc2cc(Br)cnc2n1Cc1ccc(Br)cc1. The highest BCUT2D eigenvalue weighted by Gasteiger charge is 2.12. The van der Waals surface area contributed by atoms with Crippen molar-refractivity contribution >= 4 is 54.6 Å². The molecule has 108 valence electrons. The summed E-state index contributed by atoms with van der Waals surface area (Å²) in [5.74, 6) is 1.51. The summed E-state index contributed by atoms with van der Waals surface area (Å²) < 4.78 is 4.14. The first-order valence-corrected chi connectivity index (χ1v) is 8.60. The molecule has 3 aromatic rings. The lowest BCUT2D eigenvalue weighted by Crippen LogP contribution is -2.06. The molecule has 21 heavy (non-hydrogen) atoms. The number of alkyl halides is 1. The Hall–Kier alpha value is -0.910. The van der Waals surface area contributed by atoms with Gasteiger partial charge in [0, 0.05) is 27.4 Å². The normalized spacial score (nSPS) is 11.2. The van der Waals surface area contributed by atoms with Gasteiger partial charge in [-0.15, -0.1) is 11.6 Å². The molecule has 2 aromatic heterocycles. The van der Waals surface area contributed by atoms with Gasteiger partial charge in [-0.2, -0.15) is 0 Å². The average Bonchev–Trinajstić information content (AvgIpc) is 2.79. The van der Waals surface area contributed by atoms with Gasteiger partial charge in [-0.05, 0) is 39.7 Å². The zero-order valence-electron chi connectivity index (χ0n) is 11.1. The molecule has 1 aromatic carbocycles. The molecule has 0 unspecified atom stereocenters. The van der Waals surface area contributed by atoms with Crippen LogP contribution in [0, 0.1) is 0 Å². The third-order valence-electron chi connectivity index (χ3n) is 3.20. The molecule has 3 rings (SSSR count). The van der Waals surface area contributed by atoms with Crippen molar-refractivity contribution < 1.29 is 0 Å². The summed E-state index contributed by atoms with van der Waals surface area (Å²) in [6.45, 7) is 0.741. The zero-order valence-corrected chi connectivity index (χ0v) is 15.0. The van der Waals surface area contributed by atoms with Gasteiger partial charge in [-0.3, -0.25) is 0 Å². The molecule has 0 N–H and O–H groups in total. The predicted molar refractivity (Wildman–Crippen MR) is 92.9 cm³/mol. The highest BCUT2D eigenvalue weighted by atomic mass is 79.9. The van der Waals surface area contributed by atoms with E-state index < -0.39 is 0 Å². The molecule has 6 heteroatoms. The molecule has 0 radical (unpaired) electrons. The molecule has 0 amide bonds. The van der Waals surface area contributed by atoms with E-state index in [9.17, 15) is 0 Å². The van der Waals surface area contributed by atoms with Crippen LogP contribution in [0.1, 0.15) is 11.4 Å². The summed E-state index contributed by atoms with van der Waals surface area (Å²) in [7, 11) is 0. The van der Waals surface area contributed by atoms with Gasteiger partial charge in [0.1, 0.15) is 11.3 Å². The topological polar surface area (TPSA) is 30.7 Å². The average molecular weight is 430 g/mol. The van der Waals surface area contributed by atoms with Crippen molar-refractivity contribution in [1.29, 1.82) is 0 Å². The molecule has 0 aliphatic rings. The minimum atomic E-state index is 0.546. The monoisotopic (exact) mass is 427 g/mol. The molecule has 0 fully saturated rings. The summed E-state index contributed by atoms with van der Waals surface area (Å²) >= 11 is 12.8. The van der Waals surface area contributed by atoms with Gasteiger partial charge in [0.05, 0.1) is 6.54 Å². The Morgan fingerprint density at radius 1 is 1.10 bits per heavy atom. The highest BCUT2D eigenvalue weighted by Crippen LogP contribution is 2.21. The summed E-state index contributed by atoms with van der Waals surface area (Å²) in [6, 6.07) is 10.3. The van der Waals surface area contributed by atoms with E-state index in [2.05, 4.69) is 58.5 Å². The van der Waals surface area contributed by atoms with Crippen molar-refractivity contribution in [1.82, 2.24) is 14.5 Å². The second-order valence-corrected chi connectivity index (χ2v) is 6.89. The fourth-order valence-electron chi connectivity index (χ4n) is 2.25. The van der Waals surface area contributed by atoms with E-state index >= 15 is 0 Å². The van der Waals surface area contributed by atoms with Gasteiger partial charge in [0.15, 0.2) is 5.65 Å². The lowest BCUT2D eigenvalue weighted by atomic mass is 10.2. The fourth-order valence-corrected chi connectivity index (χ4v) is 3.00. The van der Waals surface area contributed by atoms with Gasteiger partial charge >= 0.3 is 0 Å². The quantitative estimate of drug-likeness (QED) is 0.559. The number of aromatic nitrogens is 3. The first-order valence-electron chi connectivity index (χ1n) is 6.48. The van der Waals surface area contributed by atoms with Gasteiger partial charge < -0.3 is 4.57 Å². The van der Waals surface area contributed by atoms with Crippen LogP contribution < -0.4 is 0 Å². The standard InChI is InChI=1S/C15H12Br2ClN3/c16-11-3-1-10(2-4-11)9-21-14(5-6-18)20-13-7-12(17)8-19-15(13)21/h1-4,7-8H,5-6,9H2. The van der Waals surface area contributed by atoms with Crippen LogP contribution in [0.3, 0.4) is 0 Å². The van der Waals surface area contributed by atoms with Crippen LogP contribution in [0.4, 0.5) is 0 Å². The molecule has 0 aliphatic heterocycles. The smallest absolute Gasteiger partial charge is 0.160 e. The number of pyridine rings is 1. The highest BCUT2D eigenvalue weighted by molar-refractivity contribution is 9.10. The molecule has 0 saturated heterocycles. The van der Waals surface area contributed by atoms with E-state index in [1.54, 1.807) is 6.20 Å². The Labute approximate surface area is 144 Å².